The summed E-state index contributed by atoms with van der Waals surface area (Å²) >= 11 is 0. The number of fused-ring (bicyclic) bond motifs is 1. The first-order valence-corrected chi connectivity index (χ1v) is 9.26. The fourth-order valence-corrected chi connectivity index (χ4v) is 3.91. The Bertz CT molecular complexity index is 1110. The van der Waals surface area contributed by atoms with E-state index in [0.717, 1.165) is 23.1 Å². The second kappa shape index (κ2) is 7.43. The van der Waals surface area contributed by atoms with Crippen molar-refractivity contribution in [3.63, 3.8) is 0 Å². The van der Waals surface area contributed by atoms with Crippen molar-refractivity contribution < 1.29 is 14.6 Å². The number of amides is 1. The number of carbonyl (C=O) groups excluding carboxylic acids is 1. The number of likely N-dealkylation sites (N-methyl/N-ethyl adjacent to an activating group) is 1. The smallest absolute Gasteiger partial charge is 0.275 e. The summed E-state index contributed by atoms with van der Waals surface area (Å²) in [4.78, 5) is 26.1. The Hall–Kier alpha value is -3.61. The molecular weight excluding hydrogens is 370 g/mol. The van der Waals surface area contributed by atoms with Gasteiger partial charge in [-0.2, -0.15) is 5.10 Å². The summed E-state index contributed by atoms with van der Waals surface area (Å²) in [5.74, 6) is -0.463. The minimum Gasteiger partial charge on any atom is -0.502 e. The Kier molecular flexibility index (Phi) is 4.80. The molecule has 1 N–H and O–H groups in total. The average Bonchev–Trinajstić information content (AvgIpc) is 2.75. The number of methoxy groups -OCH3 is 1. The van der Waals surface area contributed by atoms with Gasteiger partial charge in [0.05, 0.1) is 19.3 Å². The van der Waals surface area contributed by atoms with Crippen molar-refractivity contribution in [2.45, 2.75) is 12.0 Å². The molecule has 148 valence electrons. The number of nitrogens with zero attached hydrogens (tertiary/aromatic N) is 3. The van der Waals surface area contributed by atoms with Gasteiger partial charge in [-0.25, -0.2) is 0 Å². The van der Waals surface area contributed by atoms with Gasteiger partial charge in [-0.1, -0.05) is 42.5 Å². The maximum absolute atomic E-state index is 12.7. The Labute approximate surface area is 167 Å². The molecule has 1 amide bonds. The zero-order valence-electron chi connectivity index (χ0n) is 16.1. The Morgan fingerprint density at radius 3 is 2.55 bits per heavy atom. The first-order valence-electron chi connectivity index (χ1n) is 9.26. The van der Waals surface area contributed by atoms with E-state index in [1.807, 2.05) is 54.6 Å². The largest absolute Gasteiger partial charge is 0.502 e. The highest BCUT2D eigenvalue weighted by Crippen LogP contribution is 2.39. The van der Waals surface area contributed by atoms with Gasteiger partial charge in [-0.05, 0) is 23.3 Å². The van der Waals surface area contributed by atoms with Gasteiger partial charge in [0.2, 0.25) is 5.43 Å². The molecule has 0 saturated carbocycles. The molecule has 0 aliphatic carbocycles. The number of hydrogen-bond acceptors (Lipinski definition) is 5. The highest BCUT2D eigenvalue weighted by molar-refractivity contribution is 5.95. The van der Waals surface area contributed by atoms with Gasteiger partial charge in [0, 0.05) is 19.5 Å². The lowest BCUT2D eigenvalue weighted by atomic mass is 9.83. The third kappa shape index (κ3) is 3.24. The van der Waals surface area contributed by atoms with E-state index in [1.165, 1.54) is 9.58 Å². The van der Waals surface area contributed by atoms with Gasteiger partial charge in [-0.15, -0.1) is 0 Å². The van der Waals surface area contributed by atoms with Crippen molar-refractivity contribution in [1.29, 1.82) is 0 Å². The van der Waals surface area contributed by atoms with Gasteiger partial charge in [0.15, 0.2) is 11.4 Å². The molecule has 1 aromatic heterocycles. The van der Waals surface area contributed by atoms with Gasteiger partial charge < -0.3 is 14.7 Å². The van der Waals surface area contributed by atoms with Crippen molar-refractivity contribution in [2.75, 3.05) is 20.7 Å². The van der Waals surface area contributed by atoms with Crippen LogP contribution in [-0.4, -0.2) is 46.4 Å². The molecule has 1 aliphatic heterocycles. The lowest BCUT2D eigenvalue weighted by Crippen LogP contribution is -2.45. The molecule has 3 aromatic rings. The van der Waals surface area contributed by atoms with Crippen LogP contribution in [0.25, 0.3) is 0 Å². The number of rotatable bonds is 4. The van der Waals surface area contributed by atoms with Crippen molar-refractivity contribution in [3.05, 3.63) is 87.8 Å². The molecule has 4 rings (SSSR count). The van der Waals surface area contributed by atoms with Crippen molar-refractivity contribution in [2.24, 2.45) is 0 Å². The third-order valence-electron chi connectivity index (χ3n) is 5.31. The lowest BCUT2D eigenvalue weighted by Gasteiger charge is -2.37. The number of ether oxygens (including phenoxy) is 1. The fourth-order valence-electron chi connectivity index (χ4n) is 3.91. The summed E-state index contributed by atoms with van der Waals surface area (Å²) in [6.07, 6.45) is 1.05. The first kappa shape index (κ1) is 18.7. The molecule has 1 aliphatic rings. The molecule has 2 atom stereocenters. The molecule has 0 radical (unpaired) electrons. The van der Waals surface area contributed by atoms with Crippen LogP contribution in [0.4, 0.5) is 0 Å². The Balaban J connectivity index is 1.94. The molecular formula is C22H21N3O4. The standard InChI is InChI=1S/C22H21N3O4/c1-24-13-17(25-20(22(24)28)21(27)18(26)12-23-25)19(14-7-4-3-5-8-14)15-9-6-10-16(11-15)29-2/h3-12,17,19,27H,13H2,1-2H3/t17-,19+/m1/s1. The van der Waals surface area contributed by atoms with Gasteiger partial charge in [-0.3, -0.25) is 14.3 Å². The monoisotopic (exact) mass is 391 g/mol. The van der Waals surface area contributed by atoms with Crippen LogP contribution in [0.3, 0.4) is 0 Å². The summed E-state index contributed by atoms with van der Waals surface area (Å²) in [5.41, 5.74) is 1.25. The maximum atomic E-state index is 12.7. The molecule has 0 unspecified atom stereocenters. The average molecular weight is 391 g/mol. The Morgan fingerprint density at radius 2 is 1.83 bits per heavy atom. The molecule has 2 heterocycles. The van der Waals surface area contributed by atoms with Gasteiger partial charge in [0.1, 0.15) is 5.75 Å². The number of aromatic nitrogens is 2. The number of aromatic hydroxyl groups is 1. The third-order valence-corrected chi connectivity index (χ3v) is 5.31. The maximum Gasteiger partial charge on any atom is 0.275 e. The summed E-state index contributed by atoms with van der Waals surface area (Å²) in [6.45, 7) is 0.373. The molecule has 0 bridgehead atoms. The zero-order chi connectivity index (χ0) is 20.5. The topological polar surface area (TPSA) is 84.7 Å². The van der Waals surface area contributed by atoms with Crippen LogP contribution in [0.2, 0.25) is 0 Å². The van der Waals surface area contributed by atoms with Crippen molar-refractivity contribution in [3.8, 4) is 11.5 Å². The van der Waals surface area contributed by atoms with Crippen LogP contribution in [0.15, 0.2) is 65.6 Å². The van der Waals surface area contributed by atoms with E-state index in [1.54, 1.807) is 14.2 Å². The molecule has 0 fully saturated rings. The highest BCUT2D eigenvalue weighted by Gasteiger charge is 2.38. The molecule has 0 saturated heterocycles. The predicted octanol–water partition coefficient (Wildman–Crippen LogP) is 2.42. The lowest BCUT2D eigenvalue weighted by molar-refractivity contribution is 0.0686. The molecule has 7 nitrogen and oxygen atoms in total. The summed E-state index contributed by atoms with van der Waals surface area (Å²) in [7, 11) is 3.27. The van der Waals surface area contributed by atoms with E-state index in [4.69, 9.17) is 4.74 Å². The summed E-state index contributed by atoms with van der Waals surface area (Å²) in [5, 5.41) is 14.5. The van der Waals surface area contributed by atoms with Crippen LogP contribution in [0, 0.1) is 0 Å². The van der Waals surface area contributed by atoms with E-state index in [-0.39, 0.29) is 17.7 Å². The van der Waals surface area contributed by atoms with Crippen LogP contribution >= 0.6 is 0 Å². The molecule has 7 heteroatoms. The van der Waals surface area contributed by atoms with E-state index < -0.39 is 17.1 Å². The van der Waals surface area contributed by atoms with Gasteiger partial charge in [0.25, 0.3) is 5.91 Å². The van der Waals surface area contributed by atoms with E-state index >= 15 is 0 Å². The highest BCUT2D eigenvalue weighted by atomic mass is 16.5. The predicted molar refractivity (Wildman–Crippen MR) is 107 cm³/mol. The quantitative estimate of drug-likeness (QED) is 0.738. The summed E-state index contributed by atoms with van der Waals surface area (Å²) < 4.78 is 6.88. The molecule has 29 heavy (non-hydrogen) atoms. The second-order valence-corrected chi connectivity index (χ2v) is 7.07. The SMILES string of the molecule is COc1cccc([C@H](c2ccccc2)[C@H]2CN(C)C(=O)c3c(O)c(=O)cnn32)c1. The van der Waals surface area contributed by atoms with Crippen molar-refractivity contribution >= 4 is 5.91 Å². The molecule has 2 aromatic carbocycles. The van der Waals surface area contributed by atoms with Crippen LogP contribution in [0.1, 0.15) is 33.6 Å². The minimum absolute atomic E-state index is 0.0833. The van der Waals surface area contributed by atoms with E-state index in [0.29, 0.717) is 6.54 Å². The van der Waals surface area contributed by atoms with Crippen molar-refractivity contribution in [1.82, 2.24) is 14.7 Å². The van der Waals surface area contributed by atoms with E-state index in [9.17, 15) is 14.7 Å². The Morgan fingerprint density at radius 1 is 1.10 bits per heavy atom. The normalized spacial score (nSPS) is 17.0. The van der Waals surface area contributed by atoms with Gasteiger partial charge >= 0.3 is 0 Å². The summed E-state index contributed by atoms with van der Waals surface area (Å²) in [6, 6.07) is 17.3. The fraction of sp³-hybridized carbons (Fsp3) is 0.227. The van der Waals surface area contributed by atoms with Crippen LogP contribution in [-0.2, 0) is 0 Å². The zero-order valence-corrected chi connectivity index (χ0v) is 16.1. The second-order valence-electron chi connectivity index (χ2n) is 7.07. The number of benzene rings is 2. The van der Waals surface area contributed by atoms with Crippen LogP contribution in [0.5, 0.6) is 11.5 Å². The van der Waals surface area contributed by atoms with Crippen LogP contribution < -0.4 is 10.2 Å². The number of carbonyl (C=O) groups is 1. The minimum atomic E-state index is -0.670. The van der Waals surface area contributed by atoms with E-state index in [2.05, 4.69) is 5.10 Å². The first-order chi connectivity index (χ1) is 14.0. The number of hydrogen-bond donors (Lipinski definition) is 1. The molecule has 0 spiro atoms.